The van der Waals surface area contributed by atoms with Crippen molar-refractivity contribution in [3.05, 3.63) is 36.3 Å². The minimum Gasteiger partial charge on any atom is -1.00 e. The molecule has 0 saturated carbocycles. The van der Waals surface area contributed by atoms with Gasteiger partial charge in [-0.05, 0) is 12.1 Å². The zero-order valence-electron chi connectivity index (χ0n) is 7.66. The molecule has 0 aliphatic heterocycles. The standard InChI is InChI=1S/C10H11N2.HI/c1-8-9-5-3-4-6-10(9)12(2)7-11-8;/h3-7H,1-2H3;1H/q+1;/p-1. The maximum absolute atomic E-state index is 4.27. The Morgan fingerprint density at radius 1 is 1.23 bits per heavy atom. The molecule has 2 rings (SSSR count). The summed E-state index contributed by atoms with van der Waals surface area (Å²) in [5, 5.41) is 1.22. The lowest BCUT2D eigenvalue weighted by Crippen LogP contribution is -3.00. The van der Waals surface area contributed by atoms with Gasteiger partial charge in [0.15, 0.2) is 5.69 Å². The third kappa shape index (κ3) is 1.80. The molecule has 2 nitrogen and oxygen atoms in total. The predicted octanol–water partition coefficient (Wildman–Crippen LogP) is -1.63. The molecule has 2 aromatic rings. The molecule has 0 atom stereocenters. The van der Waals surface area contributed by atoms with Gasteiger partial charge >= 0.3 is 0 Å². The predicted molar refractivity (Wildman–Crippen MR) is 47.7 cm³/mol. The van der Waals surface area contributed by atoms with Gasteiger partial charge in [-0.3, -0.25) is 0 Å². The molecular weight excluding hydrogens is 275 g/mol. The molecule has 1 aromatic heterocycles. The van der Waals surface area contributed by atoms with Gasteiger partial charge in [-0.2, -0.15) is 0 Å². The summed E-state index contributed by atoms with van der Waals surface area (Å²) in [6.45, 7) is 2.03. The maximum atomic E-state index is 4.27. The topological polar surface area (TPSA) is 16.8 Å². The van der Waals surface area contributed by atoms with Crippen LogP contribution in [0.3, 0.4) is 0 Å². The van der Waals surface area contributed by atoms with Crippen molar-refractivity contribution >= 4 is 10.9 Å². The summed E-state index contributed by atoms with van der Waals surface area (Å²) in [6, 6.07) is 8.28. The van der Waals surface area contributed by atoms with E-state index in [4.69, 9.17) is 0 Å². The molecule has 3 heteroatoms. The summed E-state index contributed by atoms with van der Waals surface area (Å²) in [7, 11) is 2.01. The van der Waals surface area contributed by atoms with Crippen LogP contribution in [0.5, 0.6) is 0 Å². The number of rotatable bonds is 0. The van der Waals surface area contributed by atoms with E-state index in [9.17, 15) is 0 Å². The summed E-state index contributed by atoms with van der Waals surface area (Å²) in [5.41, 5.74) is 2.31. The Morgan fingerprint density at radius 2 is 1.92 bits per heavy atom. The zero-order valence-corrected chi connectivity index (χ0v) is 9.82. The summed E-state index contributed by atoms with van der Waals surface area (Å²) in [4.78, 5) is 4.27. The van der Waals surface area contributed by atoms with Crippen LogP contribution < -0.4 is 28.5 Å². The molecule has 0 saturated heterocycles. The van der Waals surface area contributed by atoms with E-state index in [2.05, 4.69) is 17.1 Å². The normalized spacial score (nSPS) is 9.69. The van der Waals surface area contributed by atoms with Crippen LogP contribution in [0.25, 0.3) is 10.9 Å². The van der Waals surface area contributed by atoms with Crippen molar-refractivity contribution in [1.82, 2.24) is 4.98 Å². The number of nitrogens with zero attached hydrogens (tertiary/aromatic N) is 2. The first kappa shape index (κ1) is 10.4. The summed E-state index contributed by atoms with van der Waals surface area (Å²) in [5.74, 6) is 0. The highest BCUT2D eigenvalue weighted by molar-refractivity contribution is 5.77. The van der Waals surface area contributed by atoms with Crippen LogP contribution in [0.2, 0.25) is 0 Å². The van der Waals surface area contributed by atoms with E-state index in [0.717, 1.165) is 5.69 Å². The van der Waals surface area contributed by atoms with Crippen LogP contribution in [0.1, 0.15) is 5.69 Å². The van der Waals surface area contributed by atoms with Gasteiger partial charge in [-0.15, -0.1) is 0 Å². The number of aromatic nitrogens is 2. The lowest BCUT2D eigenvalue weighted by atomic mass is 10.2. The number of hydrogen-bond acceptors (Lipinski definition) is 1. The lowest BCUT2D eigenvalue weighted by molar-refractivity contribution is -0.648. The summed E-state index contributed by atoms with van der Waals surface area (Å²) < 4.78 is 2.03. The van der Waals surface area contributed by atoms with Crippen molar-refractivity contribution in [2.45, 2.75) is 6.92 Å². The summed E-state index contributed by atoms with van der Waals surface area (Å²) >= 11 is 0. The van der Waals surface area contributed by atoms with Crippen molar-refractivity contribution in [3.8, 4) is 0 Å². The molecule has 13 heavy (non-hydrogen) atoms. The quantitative estimate of drug-likeness (QED) is 0.420. The van der Waals surface area contributed by atoms with Crippen molar-refractivity contribution < 1.29 is 28.5 Å². The Balaban J connectivity index is 0.000000845. The van der Waals surface area contributed by atoms with Crippen LogP contribution in [0.4, 0.5) is 0 Å². The average molecular weight is 286 g/mol. The zero-order chi connectivity index (χ0) is 8.55. The Hall–Kier alpha value is -0.710. The SMILES string of the molecule is Cc1nc[n+](C)c2ccccc12.[I-]. The average Bonchev–Trinajstić information content (AvgIpc) is 2.12. The second-order valence-electron chi connectivity index (χ2n) is 2.96. The molecule has 0 amide bonds. The second kappa shape index (κ2) is 4.00. The highest BCUT2D eigenvalue weighted by Gasteiger charge is 2.05. The van der Waals surface area contributed by atoms with Crippen molar-refractivity contribution in [2.24, 2.45) is 7.05 Å². The van der Waals surface area contributed by atoms with Gasteiger partial charge in [-0.1, -0.05) is 17.1 Å². The molecule has 0 N–H and O–H groups in total. The van der Waals surface area contributed by atoms with E-state index in [1.807, 2.05) is 37.0 Å². The minimum absolute atomic E-state index is 0. The molecule has 1 heterocycles. The molecule has 0 aliphatic carbocycles. The van der Waals surface area contributed by atoms with Crippen molar-refractivity contribution in [3.63, 3.8) is 0 Å². The fraction of sp³-hybridized carbons (Fsp3) is 0.200. The van der Waals surface area contributed by atoms with Gasteiger partial charge in [0.25, 0.3) is 6.33 Å². The van der Waals surface area contributed by atoms with Crippen molar-refractivity contribution in [1.29, 1.82) is 0 Å². The number of benzene rings is 1. The summed E-state index contributed by atoms with van der Waals surface area (Å²) in [6.07, 6.45) is 1.84. The monoisotopic (exact) mass is 286 g/mol. The van der Waals surface area contributed by atoms with Gasteiger partial charge in [0.1, 0.15) is 5.52 Å². The largest absolute Gasteiger partial charge is 1.00 e. The van der Waals surface area contributed by atoms with Gasteiger partial charge in [-0.25, -0.2) is 4.57 Å². The number of halogens is 1. The Labute approximate surface area is 94.6 Å². The first-order chi connectivity index (χ1) is 5.79. The third-order valence-electron chi connectivity index (χ3n) is 2.10. The molecule has 0 unspecified atom stereocenters. The Morgan fingerprint density at radius 3 is 2.62 bits per heavy atom. The van der Waals surface area contributed by atoms with Gasteiger partial charge in [0.2, 0.25) is 0 Å². The Bertz CT molecular complexity index is 386. The molecule has 0 bridgehead atoms. The van der Waals surface area contributed by atoms with E-state index in [-0.39, 0.29) is 24.0 Å². The molecule has 0 radical (unpaired) electrons. The van der Waals surface area contributed by atoms with E-state index < -0.39 is 0 Å². The van der Waals surface area contributed by atoms with Crippen LogP contribution in [0.15, 0.2) is 30.6 Å². The van der Waals surface area contributed by atoms with E-state index >= 15 is 0 Å². The van der Waals surface area contributed by atoms with Crippen LogP contribution in [0, 0.1) is 6.92 Å². The van der Waals surface area contributed by atoms with Gasteiger partial charge < -0.3 is 24.0 Å². The maximum Gasteiger partial charge on any atom is 0.286 e. The number of aryl methyl sites for hydroxylation is 2. The van der Waals surface area contributed by atoms with Gasteiger partial charge in [0.05, 0.1) is 12.4 Å². The van der Waals surface area contributed by atoms with Crippen LogP contribution in [-0.4, -0.2) is 4.98 Å². The fourth-order valence-corrected chi connectivity index (χ4v) is 1.39. The first-order valence-corrected chi connectivity index (χ1v) is 3.99. The van der Waals surface area contributed by atoms with E-state index in [1.165, 1.54) is 10.9 Å². The number of hydrogen-bond donors (Lipinski definition) is 0. The minimum atomic E-state index is 0. The molecular formula is C10H11IN2. The molecule has 0 aliphatic rings. The van der Waals surface area contributed by atoms with Crippen LogP contribution in [-0.2, 0) is 7.05 Å². The smallest absolute Gasteiger partial charge is 0.286 e. The molecule has 68 valence electrons. The third-order valence-corrected chi connectivity index (χ3v) is 2.10. The number of fused-ring (bicyclic) bond motifs is 1. The molecule has 0 fully saturated rings. The van der Waals surface area contributed by atoms with E-state index in [0.29, 0.717) is 0 Å². The second-order valence-corrected chi connectivity index (χ2v) is 2.96. The lowest BCUT2D eigenvalue weighted by Gasteiger charge is -1.97. The van der Waals surface area contributed by atoms with E-state index in [1.54, 1.807) is 0 Å². The first-order valence-electron chi connectivity index (χ1n) is 3.99. The van der Waals surface area contributed by atoms with Crippen molar-refractivity contribution in [2.75, 3.05) is 0 Å². The fourth-order valence-electron chi connectivity index (χ4n) is 1.39. The Kier molecular flexibility index (Phi) is 3.19. The van der Waals surface area contributed by atoms with Crippen LogP contribution >= 0.6 is 0 Å². The highest BCUT2D eigenvalue weighted by Crippen LogP contribution is 2.10. The van der Waals surface area contributed by atoms with Gasteiger partial charge in [0, 0.05) is 6.92 Å². The highest BCUT2D eigenvalue weighted by atomic mass is 127. The number of para-hydroxylation sites is 1. The molecule has 1 aromatic carbocycles. The molecule has 0 spiro atoms.